The molecule has 0 atom stereocenters. The Labute approximate surface area is 253 Å². The van der Waals surface area contributed by atoms with Crippen LogP contribution in [0, 0.1) is 0 Å². The maximum atomic E-state index is 4.88. The van der Waals surface area contributed by atoms with E-state index in [0.29, 0.717) is 0 Å². The van der Waals surface area contributed by atoms with Crippen LogP contribution in [0.1, 0.15) is 0 Å². The molecule has 44 heavy (non-hydrogen) atoms. The molecule has 0 amide bonds. The summed E-state index contributed by atoms with van der Waals surface area (Å²) in [7, 11) is 0. The molecule has 5 aromatic carbocycles. The van der Waals surface area contributed by atoms with Crippen LogP contribution in [0.2, 0.25) is 0 Å². The highest BCUT2D eigenvalue weighted by Gasteiger charge is 2.24. The quantitative estimate of drug-likeness (QED) is 0.214. The third-order valence-electron chi connectivity index (χ3n) is 8.43. The van der Waals surface area contributed by atoms with Crippen molar-refractivity contribution in [1.29, 1.82) is 0 Å². The summed E-state index contributed by atoms with van der Waals surface area (Å²) in [5.41, 5.74) is 13.3. The van der Waals surface area contributed by atoms with Crippen LogP contribution in [0.15, 0.2) is 152 Å². The number of fused-ring (bicyclic) bond motifs is 7. The average Bonchev–Trinajstić information content (AvgIpc) is 3.62. The Kier molecular flexibility index (Phi) is 5.43. The predicted molar refractivity (Wildman–Crippen MR) is 179 cm³/mol. The lowest BCUT2D eigenvalue weighted by Crippen LogP contribution is -2.00. The van der Waals surface area contributed by atoms with E-state index in [4.69, 9.17) is 15.2 Å². The Morgan fingerprint density at radius 1 is 0.386 bits per heavy atom. The van der Waals surface area contributed by atoms with Crippen molar-refractivity contribution >= 4 is 44.0 Å². The molecule has 0 aliphatic carbocycles. The second kappa shape index (κ2) is 9.75. The Morgan fingerprint density at radius 2 is 0.932 bits per heavy atom. The van der Waals surface area contributed by atoms with Gasteiger partial charge in [0.2, 0.25) is 0 Å². The SMILES string of the molecule is c1ccc(-c2cc(-c3ccccc3)cc(-n3c4ccccc4c4nnc5c6ncccc6n(-c6ccccc6)c5c43)c2)cc1. The van der Waals surface area contributed by atoms with Crippen molar-refractivity contribution in [2.24, 2.45) is 0 Å². The summed E-state index contributed by atoms with van der Waals surface area (Å²) in [5.74, 6) is 0. The van der Waals surface area contributed by atoms with E-state index in [9.17, 15) is 0 Å². The fourth-order valence-electron chi connectivity index (χ4n) is 6.50. The van der Waals surface area contributed by atoms with Crippen molar-refractivity contribution in [1.82, 2.24) is 24.3 Å². The monoisotopic (exact) mass is 563 g/mol. The average molecular weight is 564 g/mol. The molecule has 0 saturated heterocycles. The van der Waals surface area contributed by atoms with E-state index in [-0.39, 0.29) is 0 Å². The van der Waals surface area contributed by atoms with Crippen LogP contribution in [0.5, 0.6) is 0 Å². The Morgan fingerprint density at radius 3 is 1.64 bits per heavy atom. The Bertz CT molecular complexity index is 2420. The van der Waals surface area contributed by atoms with E-state index in [1.807, 2.05) is 18.3 Å². The highest BCUT2D eigenvalue weighted by Crippen LogP contribution is 2.40. The van der Waals surface area contributed by atoms with E-state index in [1.54, 1.807) is 0 Å². The molecule has 0 N–H and O–H groups in total. The minimum Gasteiger partial charge on any atom is -0.306 e. The molecular formula is C39H25N5. The molecule has 5 heteroatoms. The fraction of sp³-hybridized carbons (Fsp3) is 0. The summed E-state index contributed by atoms with van der Waals surface area (Å²) in [5, 5.41) is 10.8. The molecular weight excluding hydrogens is 538 g/mol. The first kappa shape index (κ1) is 24.5. The van der Waals surface area contributed by atoms with E-state index in [1.165, 1.54) is 11.1 Å². The van der Waals surface area contributed by atoms with E-state index < -0.39 is 0 Å². The lowest BCUT2D eigenvalue weighted by atomic mass is 9.98. The van der Waals surface area contributed by atoms with Gasteiger partial charge in [-0.25, -0.2) is 0 Å². The molecule has 0 radical (unpaired) electrons. The van der Waals surface area contributed by atoms with Crippen LogP contribution in [-0.4, -0.2) is 24.3 Å². The number of rotatable bonds is 4. The van der Waals surface area contributed by atoms with E-state index in [2.05, 4.69) is 143 Å². The number of benzene rings is 5. The molecule has 0 spiro atoms. The van der Waals surface area contributed by atoms with Gasteiger partial charge < -0.3 is 9.13 Å². The minimum atomic E-state index is 0.781. The second-order valence-corrected chi connectivity index (χ2v) is 11.0. The molecule has 0 aliphatic heterocycles. The second-order valence-electron chi connectivity index (χ2n) is 11.0. The lowest BCUT2D eigenvalue weighted by molar-refractivity contribution is 1.10. The number of nitrogens with zero attached hydrogens (tertiary/aromatic N) is 5. The minimum absolute atomic E-state index is 0.781. The topological polar surface area (TPSA) is 48.5 Å². The summed E-state index contributed by atoms with van der Waals surface area (Å²) < 4.78 is 4.64. The van der Waals surface area contributed by atoms with Gasteiger partial charge in [0.25, 0.3) is 0 Å². The van der Waals surface area contributed by atoms with Crippen LogP contribution < -0.4 is 0 Å². The normalized spacial score (nSPS) is 11.6. The molecule has 4 heterocycles. The first-order valence-corrected chi connectivity index (χ1v) is 14.7. The Balaban J connectivity index is 1.48. The largest absolute Gasteiger partial charge is 0.306 e. The summed E-state index contributed by atoms with van der Waals surface area (Å²) in [6, 6.07) is 51.0. The van der Waals surface area contributed by atoms with Crippen molar-refractivity contribution in [2.75, 3.05) is 0 Å². The summed E-state index contributed by atoms with van der Waals surface area (Å²) >= 11 is 0. The van der Waals surface area contributed by atoms with Gasteiger partial charge in [-0.15, -0.1) is 10.2 Å². The van der Waals surface area contributed by atoms with Crippen molar-refractivity contribution in [2.45, 2.75) is 0 Å². The van der Waals surface area contributed by atoms with Gasteiger partial charge in [0.05, 0.1) is 11.0 Å². The van der Waals surface area contributed by atoms with Gasteiger partial charge in [-0.05, 0) is 70.8 Å². The molecule has 0 unspecified atom stereocenters. The van der Waals surface area contributed by atoms with Crippen LogP contribution in [-0.2, 0) is 0 Å². The number of hydrogen-bond donors (Lipinski definition) is 0. The van der Waals surface area contributed by atoms with Gasteiger partial charge in [0.15, 0.2) is 0 Å². The van der Waals surface area contributed by atoms with Gasteiger partial charge in [0, 0.05) is 23.0 Å². The van der Waals surface area contributed by atoms with Gasteiger partial charge in [0.1, 0.15) is 27.6 Å². The molecule has 9 rings (SSSR count). The third kappa shape index (κ3) is 3.69. The van der Waals surface area contributed by atoms with Crippen molar-refractivity contribution < 1.29 is 0 Å². The van der Waals surface area contributed by atoms with Crippen LogP contribution in [0.3, 0.4) is 0 Å². The van der Waals surface area contributed by atoms with Crippen LogP contribution >= 0.6 is 0 Å². The number of aromatic nitrogens is 5. The fourth-order valence-corrected chi connectivity index (χ4v) is 6.50. The first-order chi connectivity index (χ1) is 21.8. The Hall–Kier alpha value is -6.07. The molecule has 0 fully saturated rings. The number of para-hydroxylation sites is 2. The third-order valence-corrected chi connectivity index (χ3v) is 8.43. The highest BCUT2D eigenvalue weighted by atomic mass is 15.2. The molecule has 4 aromatic heterocycles. The van der Waals surface area contributed by atoms with Gasteiger partial charge in [-0.1, -0.05) is 97.1 Å². The lowest BCUT2D eigenvalue weighted by Gasteiger charge is -2.15. The smallest absolute Gasteiger partial charge is 0.140 e. The van der Waals surface area contributed by atoms with Crippen molar-refractivity contribution in [3.8, 4) is 33.6 Å². The zero-order valence-corrected chi connectivity index (χ0v) is 23.7. The van der Waals surface area contributed by atoms with Crippen molar-refractivity contribution in [3.63, 3.8) is 0 Å². The van der Waals surface area contributed by atoms with E-state index in [0.717, 1.165) is 66.5 Å². The summed E-state index contributed by atoms with van der Waals surface area (Å²) in [6.45, 7) is 0. The number of hydrogen-bond acceptors (Lipinski definition) is 3. The maximum Gasteiger partial charge on any atom is 0.140 e. The molecule has 206 valence electrons. The number of pyridine rings is 1. The molecule has 0 bridgehead atoms. The zero-order valence-electron chi connectivity index (χ0n) is 23.7. The standard InChI is InChI=1S/C39H25N5/c1-4-13-26(14-5-1)28-23-29(27-15-6-2-7-16-27)25-31(24-28)44-33-20-11-10-19-32(33)35-38(44)39-37(42-41-35)36-34(21-12-22-40-36)43(39)30-17-8-3-9-18-30/h1-25H. The van der Waals surface area contributed by atoms with Crippen LogP contribution in [0.4, 0.5) is 0 Å². The highest BCUT2D eigenvalue weighted by molar-refractivity contribution is 6.20. The molecule has 0 saturated carbocycles. The van der Waals surface area contributed by atoms with Gasteiger partial charge in [-0.3, -0.25) is 4.98 Å². The summed E-state index contributed by atoms with van der Waals surface area (Å²) in [4.78, 5) is 4.79. The molecule has 0 aliphatic rings. The summed E-state index contributed by atoms with van der Waals surface area (Å²) in [6.07, 6.45) is 1.83. The van der Waals surface area contributed by atoms with E-state index >= 15 is 0 Å². The maximum absolute atomic E-state index is 4.88. The zero-order chi connectivity index (χ0) is 29.0. The van der Waals surface area contributed by atoms with Gasteiger partial charge >= 0.3 is 0 Å². The van der Waals surface area contributed by atoms with Gasteiger partial charge in [-0.2, -0.15) is 0 Å². The van der Waals surface area contributed by atoms with Crippen LogP contribution in [0.25, 0.3) is 77.6 Å². The first-order valence-electron chi connectivity index (χ1n) is 14.7. The predicted octanol–water partition coefficient (Wildman–Crippen LogP) is 9.40. The van der Waals surface area contributed by atoms with Crippen molar-refractivity contribution in [3.05, 3.63) is 152 Å². The molecule has 5 nitrogen and oxygen atoms in total. The molecule has 9 aromatic rings.